The van der Waals surface area contributed by atoms with Crippen molar-refractivity contribution < 1.29 is 19.2 Å². The van der Waals surface area contributed by atoms with E-state index in [-0.39, 0.29) is 16.9 Å². The molecule has 0 unspecified atom stereocenters. The van der Waals surface area contributed by atoms with E-state index in [1.54, 1.807) is 30.3 Å². The van der Waals surface area contributed by atoms with Crippen LogP contribution in [0.25, 0.3) is 0 Å². The molecule has 154 valence electrons. The molecule has 3 aliphatic rings. The van der Waals surface area contributed by atoms with Crippen molar-refractivity contribution in [2.45, 2.75) is 36.4 Å². The monoisotopic (exact) mass is 407 g/mol. The third kappa shape index (κ3) is 2.31. The van der Waals surface area contributed by atoms with Crippen LogP contribution in [0.4, 0.5) is 5.69 Å². The van der Waals surface area contributed by atoms with Gasteiger partial charge in [0.15, 0.2) is 5.54 Å². The van der Waals surface area contributed by atoms with E-state index in [0.717, 1.165) is 18.4 Å². The molecule has 5 rings (SSSR count). The summed E-state index contributed by atoms with van der Waals surface area (Å²) in [6, 6.07) is 12.8. The summed E-state index contributed by atoms with van der Waals surface area (Å²) in [6.45, 7) is 0.632. The van der Waals surface area contributed by atoms with Crippen molar-refractivity contribution in [3.63, 3.8) is 0 Å². The number of ether oxygens (including phenoxy) is 1. The number of esters is 1. The van der Waals surface area contributed by atoms with Crippen LogP contribution >= 0.6 is 0 Å². The Labute approximate surface area is 173 Å². The molecule has 8 heteroatoms. The van der Waals surface area contributed by atoms with Gasteiger partial charge in [0, 0.05) is 28.8 Å². The lowest BCUT2D eigenvalue weighted by Gasteiger charge is -2.32. The first-order chi connectivity index (χ1) is 14.5. The average Bonchev–Trinajstić information content (AvgIpc) is 3.41. The standard InChI is InChI=1S/C22H21N3O5/c1-30-20(26)14-10-8-13(9-11-14)18-17-7-4-12-24(17)22(19(18)25(28)29)15-5-2-3-6-16(15)23-21(22)27/h2-3,5-6,8-11,17-19H,4,7,12H2,1H3,(H,23,27)/t17-,18+,19+,22-/m0/s1. The molecule has 0 aromatic heterocycles. The van der Waals surface area contributed by atoms with Crippen LogP contribution in [-0.2, 0) is 15.1 Å². The molecule has 1 spiro atoms. The van der Waals surface area contributed by atoms with Gasteiger partial charge in [0.1, 0.15) is 0 Å². The van der Waals surface area contributed by atoms with Crippen LogP contribution in [0.15, 0.2) is 48.5 Å². The molecule has 2 aromatic carbocycles. The third-order valence-electron chi connectivity index (χ3n) is 6.81. The second-order valence-corrected chi connectivity index (χ2v) is 8.04. The number of carbonyl (C=O) groups excluding carboxylic acids is 2. The highest BCUT2D eigenvalue weighted by Crippen LogP contribution is 2.57. The Hall–Kier alpha value is -3.26. The molecule has 0 saturated carbocycles. The highest BCUT2D eigenvalue weighted by Gasteiger charge is 2.73. The van der Waals surface area contributed by atoms with Crippen LogP contribution in [0.3, 0.4) is 0 Å². The zero-order valence-corrected chi connectivity index (χ0v) is 16.4. The van der Waals surface area contributed by atoms with Gasteiger partial charge in [-0.15, -0.1) is 0 Å². The highest BCUT2D eigenvalue weighted by molar-refractivity contribution is 6.07. The molecule has 0 radical (unpaired) electrons. The van der Waals surface area contributed by atoms with Crippen LogP contribution in [-0.4, -0.2) is 47.4 Å². The van der Waals surface area contributed by atoms with Gasteiger partial charge in [-0.1, -0.05) is 30.3 Å². The van der Waals surface area contributed by atoms with E-state index < -0.39 is 23.5 Å². The Morgan fingerprint density at radius 2 is 1.97 bits per heavy atom. The van der Waals surface area contributed by atoms with Gasteiger partial charge in [0.25, 0.3) is 11.9 Å². The van der Waals surface area contributed by atoms with E-state index in [0.29, 0.717) is 23.4 Å². The maximum absolute atomic E-state index is 13.4. The molecule has 3 heterocycles. The summed E-state index contributed by atoms with van der Waals surface area (Å²) < 4.78 is 4.75. The number of nitro groups is 1. The van der Waals surface area contributed by atoms with Crippen LogP contribution in [0.2, 0.25) is 0 Å². The van der Waals surface area contributed by atoms with Crippen molar-refractivity contribution in [1.29, 1.82) is 0 Å². The lowest BCUT2D eigenvalue weighted by Crippen LogP contribution is -2.55. The topological polar surface area (TPSA) is 102 Å². The number of methoxy groups -OCH3 is 1. The number of fused-ring (bicyclic) bond motifs is 4. The van der Waals surface area contributed by atoms with Crippen molar-refractivity contribution in [2.75, 3.05) is 19.0 Å². The highest BCUT2D eigenvalue weighted by atomic mass is 16.6. The predicted molar refractivity (Wildman–Crippen MR) is 108 cm³/mol. The minimum absolute atomic E-state index is 0.124. The van der Waals surface area contributed by atoms with E-state index in [2.05, 4.69) is 5.32 Å². The second-order valence-electron chi connectivity index (χ2n) is 8.04. The maximum Gasteiger partial charge on any atom is 0.337 e. The maximum atomic E-state index is 13.4. The first-order valence-corrected chi connectivity index (χ1v) is 9.99. The van der Waals surface area contributed by atoms with Gasteiger partial charge in [0.2, 0.25) is 0 Å². The van der Waals surface area contributed by atoms with Crippen molar-refractivity contribution in [2.24, 2.45) is 0 Å². The second kappa shape index (κ2) is 6.63. The van der Waals surface area contributed by atoms with Crippen LogP contribution < -0.4 is 5.32 Å². The lowest BCUT2D eigenvalue weighted by molar-refractivity contribution is -0.534. The predicted octanol–water partition coefficient (Wildman–Crippen LogP) is 2.53. The molecule has 2 aromatic rings. The molecule has 0 aliphatic carbocycles. The zero-order valence-electron chi connectivity index (χ0n) is 16.4. The number of nitrogens with zero attached hydrogens (tertiary/aromatic N) is 2. The first kappa shape index (κ1) is 18.7. The molecule has 3 aliphatic heterocycles. The number of benzene rings is 2. The Morgan fingerprint density at radius 3 is 2.67 bits per heavy atom. The van der Waals surface area contributed by atoms with Gasteiger partial charge < -0.3 is 10.1 Å². The fourth-order valence-electron chi connectivity index (χ4n) is 5.73. The Bertz CT molecular complexity index is 1050. The van der Waals surface area contributed by atoms with Gasteiger partial charge in [-0.3, -0.25) is 19.8 Å². The molecule has 30 heavy (non-hydrogen) atoms. The summed E-state index contributed by atoms with van der Waals surface area (Å²) >= 11 is 0. The van der Waals surface area contributed by atoms with E-state index in [9.17, 15) is 19.7 Å². The first-order valence-electron chi connectivity index (χ1n) is 9.99. The van der Waals surface area contributed by atoms with Crippen molar-refractivity contribution >= 4 is 17.6 Å². The number of nitrogens with one attached hydrogen (secondary N) is 1. The molecule has 2 fully saturated rings. The molecule has 1 amide bonds. The largest absolute Gasteiger partial charge is 0.465 e. The average molecular weight is 407 g/mol. The number of anilines is 1. The Balaban J connectivity index is 1.68. The summed E-state index contributed by atoms with van der Waals surface area (Å²) in [5, 5.41) is 15.4. The van der Waals surface area contributed by atoms with Gasteiger partial charge in [-0.25, -0.2) is 4.79 Å². The summed E-state index contributed by atoms with van der Waals surface area (Å²) in [5.74, 6) is -1.25. The lowest BCUT2D eigenvalue weighted by atomic mass is 9.77. The number of rotatable bonds is 3. The van der Waals surface area contributed by atoms with Crippen LogP contribution in [0, 0.1) is 10.1 Å². The normalized spacial score (nSPS) is 29.5. The molecule has 2 saturated heterocycles. The summed E-state index contributed by atoms with van der Waals surface area (Å²) in [6.07, 6.45) is 1.66. The number of carbonyl (C=O) groups is 2. The van der Waals surface area contributed by atoms with E-state index in [4.69, 9.17) is 4.74 Å². The molecular formula is C22H21N3O5. The molecular weight excluding hydrogens is 386 g/mol. The molecule has 4 atom stereocenters. The fourth-order valence-corrected chi connectivity index (χ4v) is 5.73. The summed E-state index contributed by atoms with van der Waals surface area (Å²) in [5.41, 5.74) is 1.14. The van der Waals surface area contributed by atoms with E-state index >= 15 is 0 Å². The van der Waals surface area contributed by atoms with Gasteiger partial charge in [0.05, 0.1) is 18.6 Å². The smallest absolute Gasteiger partial charge is 0.337 e. The number of hydrogen-bond acceptors (Lipinski definition) is 6. The minimum Gasteiger partial charge on any atom is -0.465 e. The Kier molecular flexibility index (Phi) is 4.14. The fraction of sp³-hybridized carbons (Fsp3) is 0.364. The number of amides is 1. The van der Waals surface area contributed by atoms with Crippen molar-refractivity contribution in [3.05, 3.63) is 75.3 Å². The quantitative estimate of drug-likeness (QED) is 0.477. The van der Waals surface area contributed by atoms with E-state index in [1.807, 2.05) is 23.1 Å². The zero-order chi connectivity index (χ0) is 21.0. The minimum atomic E-state index is -1.33. The number of para-hydroxylation sites is 1. The van der Waals surface area contributed by atoms with Gasteiger partial charge in [-0.05, 0) is 36.6 Å². The third-order valence-corrected chi connectivity index (χ3v) is 6.81. The molecule has 8 nitrogen and oxygen atoms in total. The molecule has 1 N–H and O–H groups in total. The van der Waals surface area contributed by atoms with Crippen molar-refractivity contribution in [1.82, 2.24) is 4.90 Å². The summed E-state index contributed by atoms with van der Waals surface area (Å²) in [7, 11) is 1.31. The van der Waals surface area contributed by atoms with Crippen LogP contribution in [0.1, 0.15) is 40.2 Å². The Morgan fingerprint density at radius 1 is 1.23 bits per heavy atom. The van der Waals surface area contributed by atoms with Gasteiger partial charge >= 0.3 is 5.97 Å². The van der Waals surface area contributed by atoms with Crippen molar-refractivity contribution in [3.8, 4) is 0 Å². The summed E-state index contributed by atoms with van der Waals surface area (Å²) in [4.78, 5) is 39.4. The van der Waals surface area contributed by atoms with Crippen LogP contribution in [0.5, 0.6) is 0 Å². The van der Waals surface area contributed by atoms with Gasteiger partial charge in [-0.2, -0.15) is 0 Å². The number of hydrogen-bond donors (Lipinski definition) is 1. The SMILES string of the molecule is COC(=O)c1ccc([C@@H]2[C@@H]3CCCN3[C@]3(C(=O)Nc4ccccc43)[C@@H]2[N+](=O)[O-])cc1. The molecule has 0 bridgehead atoms. The van der Waals surface area contributed by atoms with E-state index in [1.165, 1.54) is 7.11 Å².